The van der Waals surface area contributed by atoms with Crippen molar-refractivity contribution in [1.29, 1.82) is 0 Å². The Bertz CT molecular complexity index is 529. The van der Waals surface area contributed by atoms with E-state index in [9.17, 15) is 26.9 Å². The van der Waals surface area contributed by atoms with Crippen LogP contribution in [0, 0.1) is 0 Å². The Hall–Kier alpha value is -0.963. The van der Waals surface area contributed by atoms with E-state index in [4.69, 9.17) is 0 Å². The average molecular weight is 430 g/mol. The molecule has 0 heterocycles. The van der Waals surface area contributed by atoms with E-state index in [1.807, 2.05) is 5.70 Å². The monoisotopic (exact) mass is 429 g/mol. The van der Waals surface area contributed by atoms with E-state index in [0.717, 1.165) is 17.7 Å². The van der Waals surface area contributed by atoms with E-state index in [1.165, 1.54) is 7.05 Å². The second kappa shape index (κ2) is 10.2. The van der Waals surface area contributed by atoms with Crippen LogP contribution < -0.4 is 0 Å². The average Bonchev–Trinajstić information content (AvgIpc) is 2.65. The minimum atomic E-state index is -5.29. The summed E-state index contributed by atoms with van der Waals surface area (Å²) in [7, 11) is -0.475. The Morgan fingerprint density at radius 2 is 1.86 bits per heavy atom. The summed E-state index contributed by atoms with van der Waals surface area (Å²) < 4.78 is 67.0. The van der Waals surface area contributed by atoms with Crippen molar-refractivity contribution in [3.8, 4) is 0 Å². The maximum Gasteiger partial charge on any atom is 0.431 e. The fraction of sp³-hybridized carbons (Fsp3) is 0.842. The highest BCUT2D eigenvalue weighted by Crippen LogP contribution is 2.43. The second-order valence-corrected chi connectivity index (χ2v) is 13.2. The summed E-state index contributed by atoms with van der Waals surface area (Å²) in [6, 6.07) is -0.407. The molecule has 1 amide bonds. The highest BCUT2D eigenvalue weighted by molar-refractivity contribution is 6.83. The summed E-state index contributed by atoms with van der Waals surface area (Å²) >= 11 is 0. The van der Waals surface area contributed by atoms with Crippen molar-refractivity contribution < 1.29 is 31.8 Å². The zero-order valence-corrected chi connectivity index (χ0v) is 18.0. The summed E-state index contributed by atoms with van der Waals surface area (Å²) in [4.78, 5) is 16.9. The molecule has 164 valence electrons. The van der Waals surface area contributed by atoms with Crippen LogP contribution >= 0.6 is 0 Å². The highest BCUT2D eigenvalue weighted by Gasteiger charge is 2.62. The molecule has 1 aliphatic carbocycles. The fourth-order valence-electron chi connectivity index (χ4n) is 3.88. The van der Waals surface area contributed by atoms with Crippen LogP contribution in [0.1, 0.15) is 51.4 Å². The smallest absolute Gasteiger partial charge is 0.340 e. The van der Waals surface area contributed by atoms with Gasteiger partial charge in [0.1, 0.15) is 0 Å². The molecule has 0 aromatic heterocycles. The molecule has 9 heteroatoms. The Labute approximate surface area is 165 Å². The molecule has 0 saturated heterocycles. The second-order valence-electron chi connectivity index (χ2n) is 8.38. The van der Waals surface area contributed by atoms with Crippen LogP contribution in [-0.4, -0.2) is 50.4 Å². The molecule has 1 aliphatic rings. The number of halogens is 5. The van der Waals surface area contributed by atoms with Crippen LogP contribution in [-0.2, 0) is 9.74 Å². The maximum atomic E-state index is 15.0. The molecule has 1 rings (SSSR count). The molecule has 0 aromatic carbocycles. The van der Waals surface area contributed by atoms with Gasteiger partial charge in [-0.15, -0.1) is 12.3 Å². The van der Waals surface area contributed by atoms with Gasteiger partial charge < -0.3 is 4.90 Å². The number of carbonyl (C=O) groups is 1. The van der Waals surface area contributed by atoms with E-state index < -0.39 is 38.3 Å². The Morgan fingerprint density at radius 3 is 2.39 bits per heavy atom. The largest absolute Gasteiger partial charge is 0.431 e. The molecule has 3 nitrogen and oxygen atoms in total. The quantitative estimate of drug-likeness (QED) is 0.245. The molecule has 3 unspecified atom stereocenters. The van der Waals surface area contributed by atoms with E-state index in [0.29, 0.717) is 18.4 Å². The Kier molecular flexibility index (Phi) is 9.12. The SMILES string of the molecule is C=C[Si](C)(C)C1CCCC(N(C)C(=O)C(F)(CCCCCOF)C(F)(F)F)C1. The van der Waals surface area contributed by atoms with Gasteiger partial charge in [0.25, 0.3) is 11.6 Å². The standard InChI is InChI=1S/C19H32F5NO2Si/c1-5-28(3,4)16-11-9-10-15(14-16)25(2)17(26)18(20,19(21,22)23)12-7-6-8-13-27-24/h5,15-16H,1,6-14H2,2-4H3. The first-order valence-electron chi connectivity index (χ1n) is 9.80. The van der Waals surface area contributed by atoms with E-state index in [-0.39, 0.29) is 25.9 Å². The van der Waals surface area contributed by atoms with Crippen LogP contribution in [0.15, 0.2) is 12.3 Å². The summed E-state index contributed by atoms with van der Waals surface area (Å²) in [6.07, 6.45) is -3.22. The lowest BCUT2D eigenvalue weighted by Gasteiger charge is -2.42. The number of amides is 1. The predicted molar refractivity (Wildman–Crippen MR) is 102 cm³/mol. The minimum absolute atomic E-state index is 0.146. The molecule has 1 saturated carbocycles. The summed E-state index contributed by atoms with van der Waals surface area (Å²) in [5.41, 5.74) is -1.66. The van der Waals surface area contributed by atoms with Crippen molar-refractivity contribution in [1.82, 2.24) is 4.90 Å². The number of nitrogens with zero attached hydrogens (tertiary/aromatic N) is 1. The highest BCUT2D eigenvalue weighted by atomic mass is 28.3. The zero-order chi connectivity index (χ0) is 21.6. The molecule has 0 bridgehead atoms. The topological polar surface area (TPSA) is 29.5 Å². The third kappa shape index (κ3) is 6.02. The first kappa shape index (κ1) is 25.1. The number of alkyl halides is 4. The number of hydrogen-bond acceptors (Lipinski definition) is 2. The van der Waals surface area contributed by atoms with Crippen molar-refractivity contribution in [2.24, 2.45) is 0 Å². The van der Waals surface area contributed by atoms with Gasteiger partial charge in [-0.1, -0.05) is 32.4 Å². The molecule has 0 spiro atoms. The van der Waals surface area contributed by atoms with E-state index in [2.05, 4.69) is 24.6 Å². The van der Waals surface area contributed by atoms with Gasteiger partial charge in [0, 0.05) is 13.1 Å². The third-order valence-corrected chi connectivity index (χ3v) is 9.80. The van der Waals surface area contributed by atoms with Gasteiger partial charge >= 0.3 is 6.18 Å². The van der Waals surface area contributed by atoms with Gasteiger partial charge in [0.05, 0.1) is 14.7 Å². The molecule has 0 aliphatic heterocycles. The maximum absolute atomic E-state index is 15.0. The van der Waals surface area contributed by atoms with E-state index >= 15 is 0 Å². The van der Waals surface area contributed by atoms with Gasteiger partial charge in [0.2, 0.25) is 0 Å². The van der Waals surface area contributed by atoms with Crippen molar-refractivity contribution in [3.63, 3.8) is 0 Å². The zero-order valence-electron chi connectivity index (χ0n) is 17.0. The lowest BCUT2D eigenvalue weighted by atomic mass is 9.90. The van der Waals surface area contributed by atoms with Gasteiger partial charge in [-0.05, 0) is 42.2 Å². The van der Waals surface area contributed by atoms with Crippen LogP contribution in [0.5, 0.6) is 0 Å². The van der Waals surface area contributed by atoms with Crippen LogP contribution in [0.2, 0.25) is 18.6 Å². The molecule has 28 heavy (non-hydrogen) atoms. The van der Waals surface area contributed by atoms with Crippen LogP contribution in [0.25, 0.3) is 0 Å². The summed E-state index contributed by atoms with van der Waals surface area (Å²) in [5, 5.41) is 0. The third-order valence-electron chi connectivity index (χ3n) is 6.12. The van der Waals surface area contributed by atoms with Crippen LogP contribution in [0.3, 0.4) is 0 Å². The van der Waals surface area contributed by atoms with Crippen molar-refractivity contribution in [3.05, 3.63) is 12.3 Å². The summed E-state index contributed by atoms with van der Waals surface area (Å²) in [5.74, 6) is -1.52. The normalized spacial score (nSPS) is 23.1. The molecular weight excluding hydrogens is 397 g/mol. The fourth-order valence-corrected chi connectivity index (χ4v) is 6.04. The lowest BCUT2D eigenvalue weighted by molar-refractivity contribution is -0.235. The number of carbonyl (C=O) groups excluding carboxylic acids is 1. The van der Waals surface area contributed by atoms with Crippen molar-refractivity contribution in [2.75, 3.05) is 13.7 Å². The predicted octanol–water partition coefficient (Wildman–Crippen LogP) is 5.92. The Morgan fingerprint density at radius 1 is 1.21 bits per heavy atom. The van der Waals surface area contributed by atoms with Crippen LogP contribution in [0.4, 0.5) is 22.1 Å². The Balaban J connectivity index is 2.88. The lowest BCUT2D eigenvalue weighted by Crippen LogP contribution is -2.57. The van der Waals surface area contributed by atoms with Gasteiger partial charge in [-0.3, -0.25) is 4.79 Å². The van der Waals surface area contributed by atoms with Gasteiger partial charge in [-0.2, -0.15) is 18.1 Å². The van der Waals surface area contributed by atoms with Crippen molar-refractivity contribution in [2.45, 2.75) is 87.9 Å². The number of rotatable bonds is 10. The molecule has 0 N–H and O–H groups in total. The van der Waals surface area contributed by atoms with Crippen molar-refractivity contribution >= 4 is 14.0 Å². The van der Waals surface area contributed by atoms with E-state index in [1.54, 1.807) is 0 Å². The number of hydrogen-bond donors (Lipinski definition) is 0. The molecule has 1 fully saturated rings. The molecule has 0 aromatic rings. The van der Waals surface area contributed by atoms with Gasteiger partial charge in [0.15, 0.2) is 0 Å². The summed E-state index contributed by atoms with van der Waals surface area (Å²) in [6.45, 7) is 7.91. The first-order chi connectivity index (χ1) is 12.9. The molecule has 0 radical (unpaired) electrons. The first-order valence-corrected chi connectivity index (χ1v) is 13.0. The minimum Gasteiger partial charge on any atom is -0.340 e. The van der Waals surface area contributed by atoms with Gasteiger partial charge in [-0.25, -0.2) is 4.39 Å². The molecular formula is C19H32F5NO2Si. The molecule has 3 atom stereocenters. The number of unbranched alkanes of at least 4 members (excludes halogenated alkanes) is 2.